The Morgan fingerprint density at radius 2 is 2.14 bits per heavy atom. The monoisotopic (exact) mass is 214 g/mol. The van der Waals surface area contributed by atoms with E-state index in [0.717, 1.165) is 0 Å². The molecule has 1 rings (SSSR count). The SMILES string of the molecule is O=C(O)NC1CNCC1OC(F)(F)F. The van der Waals surface area contributed by atoms with Gasteiger partial charge < -0.3 is 15.7 Å². The van der Waals surface area contributed by atoms with Gasteiger partial charge in [0.05, 0.1) is 6.04 Å². The van der Waals surface area contributed by atoms with Gasteiger partial charge in [0.25, 0.3) is 0 Å². The third-order valence-corrected chi connectivity index (χ3v) is 1.75. The van der Waals surface area contributed by atoms with Crippen LogP contribution < -0.4 is 10.6 Å². The van der Waals surface area contributed by atoms with E-state index in [1.54, 1.807) is 0 Å². The van der Waals surface area contributed by atoms with Crippen LogP contribution in [0.5, 0.6) is 0 Å². The Labute approximate surface area is 77.2 Å². The lowest BCUT2D eigenvalue weighted by atomic mass is 10.2. The van der Waals surface area contributed by atoms with E-state index < -0.39 is 24.6 Å². The molecular formula is C6H9F3N2O3. The molecular weight excluding hydrogens is 205 g/mol. The molecule has 2 atom stereocenters. The number of ether oxygens (including phenoxy) is 1. The lowest BCUT2D eigenvalue weighted by Crippen LogP contribution is -2.45. The molecule has 14 heavy (non-hydrogen) atoms. The highest BCUT2D eigenvalue weighted by Crippen LogP contribution is 2.21. The van der Waals surface area contributed by atoms with E-state index in [1.165, 1.54) is 0 Å². The molecule has 5 nitrogen and oxygen atoms in total. The molecule has 0 radical (unpaired) electrons. The predicted octanol–water partition coefficient (Wildman–Crippen LogP) is 0.131. The summed E-state index contributed by atoms with van der Waals surface area (Å²) < 4.78 is 39.1. The standard InChI is InChI=1S/C6H9F3N2O3/c7-6(8,9)14-4-2-10-1-3(4)11-5(12)13/h3-4,10-11H,1-2H2,(H,12,13). The number of rotatable bonds is 2. The van der Waals surface area contributed by atoms with Crippen LogP contribution in [0, 0.1) is 0 Å². The van der Waals surface area contributed by atoms with Crippen LogP contribution in [0.4, 0.5) is 18.0 Å². The highest BCUT2D eigenvalue weighted by molar-refractivity contribution is 5.65. The molecule has 1 amide bonds. The summed E-state index contributed by atoms with van der Waals surface area (Å²) in [6, 6.07) is -0.867. The molecule has 1 saturated heterocycles. The van der Waals surface area contributed by atoms with E-state index >= 15 is 0 Å². The molecule has 0 spiro atoms. The van der Waals surface area contributed by atoms with Crippen molar-refractivity contribution in [1.29, 1.82) is 0 Å². The van der Waals surface area contributed by atoms with E-state index in [-0.39, 0.29) is 13.1 Å². The largest absolute Gasteiger partial charge is 0.522 e. The molecule has 1 heterocycles. The first-order chi connectivity index (χ1) is 6.38. The summed E-state index contributed by atoms with van der Waals surface area (Å²) in [6.45, 7) is 0.109. The lowest BCUT2D eigenvalue weighted by Gasteiger charge is -2.19. The second kappa shape index (κ2) is 4.01. The molecule has 0 saturated carbocycles. The van der Waals surface area contributed by atoms with Crippen molar-refractivity contribution in [3.05, 3.63) is 0 Å². The Balaban J connectivity index is 2.47. The second-order valence-electron chi connectivity index (χ2n) is 2.82. The summed E-state index contributed by atoms with van der Waals surface area (Å²) >= 11 is 0. The van der Waals surface area contributed by atoms with Crippen LogP contribution in [0.15, 0.2) is 0 Å². The zero-order valence-electron chi connectivity index (χ0n) is 6.97. The van der Waals surface area contributed by atoms with E-state index in [1.807, 2.05) is 5.32 Å². The molecule has 1 fully saturated rings. The molecule has 0 aromatic carbocycles. The van der Waals surface area contributed by atoms with E-state index in [2.05, 4.69) is 10.1 Å². The number of halogens is 3. The van der Waals surface area contributed by atoms with E-state index in [9.17, 15) is 18.0 Å². The van der Waals surface area contributed by atoms with Crippen molar-refractivity contribution in [3.8, 4) is 0 Å². The van der Waals surface area contributed by atoms with Crippen molar-refractivity contribution >= 4 is 6.09 Å². The summed E-state index contributed by atoms with van der Waals surface area (Å²) in [7, 11) is 0. The van der Waals surface area contributed by atoms with Crippen molar-refractivity contribution in [1.82, 2.24) is 10.6 Å². The van der Waals surface area contributed by atoms with Gasteiger partial charge in [-0.1, -0.05) is 0 Å². The Bertz CT molecular complexity index is 221. The summed E-state index contributed by atoms with van der Waals surface area (Å²) in [5, 5.41) is 12.9. The minimum absolute atomic E-state index is 0.0234. The second-order valence-corrected chi connectivity index (χ2v) is 2.82. The maximum absolute atomic E-state index is 11.8. The van der Waals surface area contributed by atoms with Gasteiger partial charge in [-0.2, -0.15) is 0 Å². The summed E-state index contributed by atoms with van der Waals surface area (Å²) in [6.07, 6.45) is -7.31. The maximum atomic E-state index is 11.8. The van der Waals surface area contributed by atoms with Crippen molar-refractivity contribution in [2.75, 3.05) is 13.1 Å². The van der Waals surface area contributed by atoms with Crippen molar-refractivity contribution < 1.29 is 27.8 Å². The molecule has 8 heteroatoms. The van der Waals surface area contributed by atoms with Gasteiger partial charge in [-0.15, -0.1) is 13.2 Å². The summed E-state index contributed by atoms with van der Waals surface area (Å²) in [5.41, 5.74) is 0. The molecule has 0 aromatic rings. The molecule has 82 valence electrons. The average Bonchev–Trinajstić information content (AvgIpc) is 2.32. The predicted molar refractivity (Wildman–Crippen MR) is 38.7 cm³/mol. The zero-order valence-corrected chi connectivity index (χ0v) is 6.97. The van der Waals surface area contributed by atoms with Crippen LogP contribution in [0.3, 0.4) is 0 Å². The summed E-state index contributed by atoms with van der Waals surface area (Å²) in [4.78, 5) is 10.2. The minimum atomic E-state index is -4.74. The Hall–Kier alpha value is -1.02. The van der Waals surface area contributed by atoms with Gasteiger partial charge >= 0.3 is 12.5 Å². The Morgan fingerprint density at radius 3 is 2.64 bits per heavy atom. The number of amides is 1. The first-order valence-electron chi connectivity index (χ1n) is 3.83. The first kappa shape index (κ1) is 11.1. The van der Waals surface area contributed by atoms with Crippen LogP contribution in [0.1, 0.15) is 0 Å². The van der Waals surface area contributed by atoms with Gasteiger partial charge in [-0.3, -0.25) is 4.74 Å². The molecule has 1 aliphatic rings. The fourth-order valence-electron chi connectivity index (χ4n) is 1.25. The van der Waals surface area contributed by atoms with Gasteiger partial charge in [0.15, 0.2) is 0 Å². The molecule has 2 unspecified atom stereocenters. The minimum Gasteiger partial charge on any atom is -0.465 e. The third-order valence-electron chi connectivity index (χ3n) is 1.75. The van der Waals surface area contributed by atoms with E-state index in [0.29, 0.717) is 0 Å². The quantitative estimate of drug-likeness (QED) is 0.611. The third kappa shape index (κ3) is 3.38. The fraction of sp³-hybridized carbons (Fsp3) is 0.833. The number of carbonyl (C=O) groups is 1. The highest BCUT2D eigenvalue weighted by Gasteiger charge is 2.39. The number of hydrogen-bond acceptors (Lipinski definition) is 3. The summed E-state index contributed by atoms with van der Waals surface area (Å²) in [5.74, 6) is 0. The highest BCUT2D eigenvalue weighted by atomic mass is 19.4. The lowest BCUT2D eigenvalue weighted by molar-refractivity contribution is -0.341. The number of nitrogens with one attached hydrogen (secondary N) is 2. The van der Waals surface area contributed by atoms with Gasteiger partial charge in [0.1, 0.15) is 6.10 Å². The van der Waals surface area contributed by atoms with E-state index in [4.69, 9.17) is 5.11 Å². The number of carboxylic acid groups (broad SMARTS) is 1. The van der Waals surface area contributed by atoms with Crippen molar-refractivity contribution in [2.45, 2.75) is 18.5 Å². The van der Waals surface area contributed by atoms with Crippen LogP contribution in [0.25, 0.3) is 0 Å². The van der Waals surface area contributed by atoms with Gasteiger partial charge in [0, 0.05) is 13.1 Å². The number of alkyl halides is 3. The zero-order chi connectivity index (χ0) is 10.8. The number of hydrogen-bond donors (Lipinski definition) is 3. The maximum Gasteiger partial charge on any atom is 0.522 e. The Kier molecular flexibility index (Phi) is 3.17. The van der Waals surface area contributed by atoms with Crippen molar-refractivity contribution in [2.24, 2.45) is 0 Å². The fourth-order valence-corrected chi connectivity index (χ4v) is 1.25. The van der Waals surface area contributed by atoms with Gasteiger partial charge in [-0.25, -0.2) is 4.79 Å². The molecule has 3 N–H and O–H groups in total. The smallest absolute Gasteiger partial charge is 0.465 e. The van der Waals surface area contributed by atoms with Crippen LogP contribution in [0.2, 0.25) is 0 Å². The van der Waals surface area contributed by atoms with Crippen molar-refractivity contribution in [3.63, 3.8) is 0 Å². The van der Waals surface area contributed by atoms with Crippen LogP contribution >= 0.6 is 0 Å². The topological polar surface area (TPSA) is 70.6 Å². The van der Waals surface area contributed by atoms with Gasteiger partial charge in [-0.05, 0) is 0 Å². The van der Waals surface area contributed by atoms with Crippen LogP contribution in [-0.4, -0.2) is 42.8 Å². The Morgan fingerprint density at radius 1 is 1.50 bits per heavy atom. The molecule has 1 aliphatic heterocycles. The first-order valence-corrected chi connectivity index (χ1v) is 3.83. The average molecular weight is 214 g/mol. The molecule has 0 aromatic heterocycles. The van der Waals surface area contributed by atoms with Crippen LogP contribution in [-0.2, 0) is 4.74 Å². The molecule has 0 bridgehead atoms. The molecule has 0 aliphatic carbocycles. The normalized spacial score (nSPS) is 27.6. The van der Waals surface area contributed by atoms with Gasteiger partial charge in [0.2, 0.25) is 0 Å².